The van der Waals surface area contributed by atoms with E-state index in [1.165, 1.54) is 7.11 Å². The fourth-order valence-corrected chi connectivity index (χ4v) is 0.0913. The average Bonchev–Trinajstić information content (AvgIpc) is 1.41. The van der Waals surface area contributed by atoms with Crippen molar-refractivity contribution in [2.45, 2.75) is 6.92 Å². The molecule has 0 aliphatic heterocycles. The molecule has 0 heterocycles. The van der Waals surface area contributed by atoms with E-state index in [9.17, 15) is 0 Å². The molecule has 0 N–H and O–H groups in total. The van der Waals surface area contributed by atoms with Crippen molar-refractivity contribution in [2.75, 3.05) is 7.11 Å². The molecule has 29 valence electrons. The predicted octanol–water partition coefficient (Wildman–Crippen LogP) is 0.516. The largest absolute Gasteiger partial charge is 0.399 e. The third kappa shape index (κ3) is 3.47. The van der Waals surface area contributed by atoms with Crippen molar-refractivity contribution in [1.82, 2.24) is 0 Å². The van der Waals surface area contributed by atoms with Crippen LogP contribution < -0.4 is 0 Å². The summed E-state index contributed by atoms with van der Waals surface area (Å²) in [4.78, 5) is 4.20. The predicted molar refractivity (Wildman–Crippen MR) is 20.1 cm³/mol. The Labute approximate surface area is 31.4 Å². The van der Waals surface area contributed by atoms with Crippen LogP contribution >= 0.6 is 0 Å². The van der Waals surface area contributed by atoms with Crippen LogP contribution in [-0.2, 0) is 4.84 Å². The first kappa shape index (κ1) is 4.47. The fourth-order valence-electron chi connectivity index (χ4n) is 0.0913. The smallest absolute Gasteiger partial charge is 0.106 e. The Kier molecular flexibility index (Phi) is 3.10. The summed E-state index contributed by atoms with van der Waals surface area (Å²) in [6.45, 7) is 1.67. The second-order valence-electron chi connectivity index (χ2n) is 0.497. The van der Waals surface area contributed by atoms with Crippen LogP contribution in [0.2, 0.25) is 0 Å². The molecule has 0 aromatic carbocycles. The van der Waals surface area contributed by atoms with Crippen LogP contribution in [-0.4, -0.2) is 13.3 Å². The van der Waals surface area contributed by atoms with Gasteiger partial charge >= 0.3 is 0 Å². The highest BCUT2D eigenvalue weighted by molar-refractivity contribution is 5.52. The van der Waals surface area contributed by atoms with Gasteiger partial charge in [-0.25, -0.2) is 0 Å². The summed E-state index contributed by atoms with van der Waals surface area (Å²) in [5.41, 5.74) is 0. The molecule has 0 unspecified atom stereocenters. The van der Waals surface area contributed by atoms with Gasteiger partial charge in [-0.1, -0.05) is 5.16 Å². The Morgan fingerprint density at radius 2 is 2.40 bits per heavy atom. The third-order valence-corrected chi connectivity index (χ3v) is 0.183. The highest BCUT2D eigenvalue weighted by atomic mass is 16.6. The highest BCUT2D eigenvalue weighted by Gasteiger charge is 1.48. The van der Waals surface area contributed by atoms with Gasteiger partial charge < -0.3 is 4.84 Å². The van der Waals surface area contributed by atoms with E-state index < -0.39 is 0 Å². The lowest BCUT2D eigenvalue weighted by atomic mass is 10.9. The second kappa shape index (κ2) is 3.47. The van der Waals surface area contributed by atoms with Crippen molar-refractivity contribution >= 4 is 6.21 Å². The van der Waals surface area contributed by atoms with Crippen LogP contribution in [0.3, 0.4) is 0 Å². The van der Waals surface area contributed by atoms with Crippen LogP contribution in [0.15, 0.2) is 5.16 Å². The van der Waals surface area contributed by atoms with Crippen molar-refractivity contribution in [3.05, 3.63) is 0 Å². The SMILES string of the molecule is C[C]=NOC. The van der Waals surface area contributed by atoms with Gasteiger partial charge in [-0.2, -0.15) is 0 Å². The first-order chi connectivity index (χ1) is 2.41. The van der Waals surface area contributed by atoms with E-state index in [0.29, 0.717) is 0 Å². The lowest BCUT2D eigenvalue weighted by Crippen LogP contribution is -1.63. The molecule has 0 aromatic rings. The summed E-state index contributed by atoms with van der Waals surface area (Å²) in [5, 5.41) is 3.22. The standard InChI is InChI=1S/C3H6NO/c1-3-4-5-2/h1-2H3. The summed E-state index contributed by atoms with van der Waals surface area (Å²) in [7, 11) is 1.48. The zero-order valence-corrected chi connectivity index (χ0v) is 3.36. The zero-order chi connectivity index (χ0) is 4.12. The van der Waals surface area contributed by atoms with Gasteiger partial charge in [-0.15, -0.1) is 0 Å². The minimum Gasteiger partial charge on any atom is -0.399 e. The molecule has 0 saturated heterocycles. The molecule has 0 amide bonds. The van der Waals surface area contributed by atoms with E-state index in [0.717, 1.165) is 0 Å². The molecule has 0 atom stereocenters. The molecule has 0 spiro atoms. The normalized spacial score (nSPS) is 9.20. The van der Waals surface area contributed by atoms with E-state index in [2.05, 4.69) is 16.2 Å². The van der Waals surface area contributed by atoms with Crippen molar-refractivity contribution in [3.63, 3.8) is 0 Å². The van der Waals surface area contributed by atoms with Gasteiger partial charge in [0.2, 0.25) is 0 Å². The molecule has 0 fully saturated rings. The topological polar surface area (TPSA) is 21.6 Å². The van der Waals surface area contributed by atoms with Crippen molar-refractivity contribution < 1.29 is 4.84 Å². The fraction of sp³-hybridized carbons (Fsp3) is 0.667. The molecule has 1 radical (unpaired) electrons. The molecule has 0 aromatic heterocycles. The Bertz CT molecular complexity index is 33.9. The quantitative estimate of drug-likeness (QED) is 0.327. The minimum atomic E-state index is 1.48. The number of nitrogens with zero attached hydrogens (tertiary/aromatic N) is 1. The van der Waals surface area contributed by atoms with Gasteiger partial charge in [0.1, 0.15) is 13.3 Å². The number of rotatable bonds is 1. The van der Waals surface area contributed by atoms with Crippen LogP contribution in [0.1, 0.15) is 6.92 Å². The molecular formula is C3H6NO. The van der Waals surface area contributed by atoms with Crippen molar-refractivity contribution in [3.8, 4) is 0 Å². The number of hydrogen-bond donors (Lipinski definition) is 0. The Morgan fingerprint density at radius 3 is 2.40 bits per heavy atom. The molecule has 5 heavy (non-hydrogen) atoms. The number of hydrogen-bond acceptors (Lipinski definition) is 2. The molecule has 0 rings (SSSR count). The second-order valence-corrected chi connectivity index (χ2v) is 0.497. The lowest BCUT2D eigenvalue weighted by Gasteiger charge is -1.74. The van der Waals surface area contributed by atoms with E-state index in [1.807, 2.05) is 0 Å². The van der Waals surface area contributed by atoms with Crippen LogP contribution in [0.5, 0.6) is 0 Å². The maximum Gasteiger partial charge on any atom is 0.106 e. The Balaban J connectivity index is 2.62. The third-order valence-electron chi connectivity index (χ3n) is 0.183. The van der Waals surface area contributed by atoms with E-state index >= 15 is 0 Å². The molecule has 0 aliphatic carbocycles. The zero-order valence-electron chi connectivity index (χ0n) is 3.36. The minimum absolute atomic E-state index is 1.48. The Hall–Kier alpha value is -0.530. The van der Waals surface area contributed by atoms with E-state index in [1.54, 1.807) is 6.92 Å². The molecule has 0 aliphatic rings. The van der Waals surface area contributed by atoms with Gasteiger partial charge in [0.25, 0.3) is 0 Å². The molecular weight excluding hydrogens is 66.0 g/mol. The summed E-state index contributed by atoms with van der Waals surface area (Å²) in [6.07, 6.45) is 2.42. The van der Waals surface area contributed by atoms with Gasteiger partial charge in [-0.3, -0.25) is 0 Å². The molecule has 2 heteroatoms. The van der Waals surface area contributed by atoms with Crippen molar-refractivity contribution in [1.29, 1.82) is 0 Å². The summed E-state index contributed by atoms with van der Waals surface area (Å²) >= 11 is 0. The van der Waals surface area contributed by atoms with E-state index in [4.69, 9.17) is 0 Å². The van der Waals surface area contributed by atoms with Crippen LogP contribution in [0.4, 0.5) is 0 Å². The molecule has 0 saturated carbocycles. The summed E-state index contributed by atoms with van der Waals surface area (Å²) in [5.74, 6) is 0. The molecule has 0 bridgehead atoms. The molecule has 2 nitrogen and oxygen atoms in total. The van der Waals surface area contributed by atoms with Crippen LogP contribution in [0.25, 0.3) is 0 Å². The van der Waals surface area contributed by atoms with E-state index in [-0.39, 0.29) is 0 Å². The first-order valence-corrected chi connectivity index (χ1v) is 1.31. The average molecular weight is 72.1 g/mol. The monoisotopic (exact) mass is 72.0 g/mol. The van der Waals surface area contributed by atoms with Gasteiger partial charge in [-0.05, 0) is 6.92 Å². The van der Waals surface area contributed by atoms with Gasteiger partial charge in [0.05, 0.1) is 0 Å². The lowest BCUT2D eigenvalue weighted by molar-refractivity contribution is 0.215. The Morgan fingerprint density at radius 1 is 1.80 bits per heavy atom. The van der Waals surface area contributed by atoms with Gasteiger partial charge in [0.15, 0.2) is 0 Å². The first-order valence-electron chi connectivity index (χ1n) is 1.31. The maximum atomic E-state index is 4.20. The maximum absolute atomic E-state index is 4.20. The van der Waals surface area contributed by atoms with Crippen LogP contribution in [0, 0.1) is 0 Å². The van der Waals surface area contributed by atoms with Gasteiger partial charge in [0, 0.05) is 0 Å². The van der Waals surface area contributed by atoms with Crippen molar-refractivity contribution in [2.24, 2.45) is 5.16 Å². The highest BCUT2D eigenvalue weighted by Crippen LogP contribution is 1.56. The summed E-state index contributed by atoms with van der Waals surface area (Å²) in [6, 6.07) is 0. The summed E-state index contributed by atoms with van der Waals surface area (Å²) < 4.78 is 0.